The number of alkyl halides is 7. The molecule has 5 aromatic rings. The van der Waals surface area contributed by atoms with Crippen molar-refractivity contribution in [2.45, 2.75) is 17.4 Å². The molecule has 0 aliphatic carbocycles. The lowest BCUT2D eigenvalue weighted by molar-refractivity contribution is -0.333. The molecule has 0 fully saturated rings. The van der Waals surface area contributed by atoms with Crippen molar-refractivity contribution in [1.82, 2.24) is 0 Å². The molecule has 0 saturated carbocycles. The van der Waals surface area contributed by atoms with Gasteiger partial charge in [-0.2, -0.15) is 39.2 Å². The summed E-state index contributed by atoms with van der Waals surface area (Å²) in [5.41, 5.74) is 2.34. The summed E-state index contributed by atoms with van der Waals surface area (Å²) in [6.07, 6.45) is -6.79. The van der Waals surface area contributed by atoms with Crippen LogP contribution in [0, 0.1) is 0 Å². The third-order valence-electron chi connectivity index (χ3n) is 5.98. The maximum Gasteiger partial charge on any atom is 0.461 e. The molecule has 0 aromatic heterocycles. The summed E-state index contributed by atoms with van der Waals surface area (Å²) < 4.78 is 108. The Morgan fingerprint density at radius 1 is 0.564 bits per heavy atom. The van der Waals surface area contributed by atoms with Crippen LogP contribution in [0.4, 0.5) is 30.7 Å². The Balaban J connectivity index is 0.000000218. The van der Waals surface area contributed by atoms with Crippen LogP contribution < -0.4 is 0 Å². The maximum absolute atomic E-state index is 11.9. The Labute approximate surface area is 216 Å². The van der Waals surface area contributed by atoms with Crippen LogP contribution in [0.2, 0.25) is 0 Å². The second-order valence-corrected chi connectivity index (χ2v) is 9.93. The highest BCUT2D eigenvalue weighted by molar-refractivity contribution is 7.87. The fourth-order valence-corrected chi connectivity index (χ4v) is 4.49. The average Bonchev–Trinajstić information content (AvgIpc) is 2.87. The number of phenols is 1. The first-order valence-electron chi connectivity index (χ1n) is 11.0. The van der Waals surface area contributed by atoms with Gasteiger partial charge in [0, 0.05) is 5.39 Å². The largest absolute Gasteiger partial charge is 0.507 e. The highest BCUT2D eigenvalue weighted by Gasteiger charge is 2.78. The molecule has 0 heterocycles. The minimum Gasteiger partial charge on any atom is -0.507 e. The van der Waals surface area contributed by atoms with E-state index in [9.17, 15) is 44.3 Å². The summed E-state index contributed by atoms with van der Waals surface area (Å²) in [5, 5.41) is 10.5. The summed E-state index contributed by atoms with van der Waals surface area (Å²) in [5.74, 6) is -6.53. The zero-order chi connectivity index (χ0) is 28.8. The number of benzene rings is 5. The molecular weight excluding hydrogens is 553 g/mol. The third kappa shape index (κ3) is 4.97. The Morgan fingerprint density at radius 3 is 1.64 bits per heavy atom. The summed E-state index contributed by atoms with van der Waals surface area (Å²) in [4.78, 5) is 0. The van der Waals surface area contributed by atoms with Crippen molar-refractivity contribution >= 4 is 42.4 Å². The molecule has 5 aromatic carbocycles. The minimum absolute atomic E-state index is 0.324. The van der Waals surface area contributed by atoms with E-state index in [-0.39, 0.29) is 0 Å². The van der Waals surface area contributed by atoms with E-state index in [1.165, 1.54) is 27.1 Å². The van der Waals surface area contributed by atoms with Gasteiger partial charge in [0.1, 0.15) is 5.75 Å². The van der Waals surface area contributed by atoms with Gasteiger partial charge in [-0.1, -0.05) is 72.8 Å². The molecular formula is C27H17F7O4S. The van der Waals surface area contributed by atoms with Gasteiger partial charge in [0.25, 0.3) is 0 Å². The molecule has 0 aliphatic rings. The van der Waals surface area contributed by atoms with Crippen LogP contribution in [0.1, 0.15) is 0 Å². The van der Waals surface area contributed by atoms with E-state index >= 15 is 0 Å². The molecule has 2 N–H and O–H groups in total. The number of phenolic OH excluding ortho intramolecular Hbond substituents is 1. The van der Waals surface area contributed by atoms with E-state index < -0.39 is 27.5 Å². The Kier molecular flexibility index (Phi) is 6.98. The SMILES string of the molecule is O=S(=O)(O)C(F)(F)C(F)(F)C(F)(F)F.Oc1ccc(-c2cccc3cc4ccccc4cc23)c2ccccc12. The Morgan fingerprint density at radius 2 is 1.08 bits per heavy atom. The lowest BCUT2D eigenvalue weighted by atomic mass is 9.92. The smallest absolute Gasteiger partial charge is 0.461 e. The van der Waals surface area contributed by atoms with E-state index in [2.05, 4.69) is 60.7 Å². The van der Waals surface area contributed by atoms with E-state index in [4.69, 9.17) is 4.55 Å². The van der Waals surface area contributed by atoms with Gasteiger partial charge >= 0.3 is 27.5 Å². The second kappa shape index (κ2) is 9.69. The number of fused-ring (bicyclic) bond motifs is 3. The molecule has 0 atom stereocenters. The van der Waals surface area contributed by atoms with E-state index in [0.29, 0.717) is 5.75 Å². The van der Waals surface area contributed by atoms with Crippen molar-refractivity contribution in [3.8, 4) is 16.9 Å². The van der Waals surface area contributed by atoms with Crippen molar-refractivity contribution in [2.24, 2.45) is 0 Å². The first kappa shape index (κ1) is 28.1. The van der Waals surface area contributed by atoms with Gasteiger partial charge in [0.15, 0.2) is 0 Å². The average molecular weight is 570 g/mol. The fraction of sp³-hybridized carbons (Fsp3) is 0.111. The minimum atomic E-state index is -6.85. The van der Waals surface area contributed by atoms with Crippen LogP contribution in [-0.2, 0) is 10.1 Å². The molecule has 0 amide bonds. The highest BCUT2D eigenvalue weighted by Crippen LogP contribution is 2.48. The molecule has 39 heavy (non-hydrogen) atoms. The number of hydrogen-bond donors (Lipinski definition) is 2. The molecule has 204 valence electrons. The molecule has 4 nitrogen and oxygen atoms in total. The zero-order valence-electron chi connectivity index (χ0n) is 19.4. The van der Waals surface area contributed by atoms with Crippen molar-refractivity contribution in [3.63, 3.8) is 0 Å². The highest BCUT2D eigenvalue weighted by atomic mass is 32.2. The topological polar surface area (TPSA) is 74.6 Å². The van der Waals surface area contributed by atoms with E-state index in [1.54, 1.807) is 6.07 Å². The van der Waals surface area contributed by atoms with E-state index in [1.807, 2.05) is 24.3 Å². The van der Waals surface area contributed by atoms with Gasteiger partial charge in [-0.3, -0.25) is 4.55 Å². The number of hydrogen-bond acceptors (Lipinski definition) is 3. The van der Waals surface area contributed by atoms with Crippen molar-refractivity contribution in [3.05, 3.63) is 91.0 Å². The van der Waals surface area contributed by atoms with Crippen molar-refractivity contribution in [2.75, 3.05) is 0 Å². The summed E-state index contributed by atoms with van der Waals surface area (Å²) in [6.45, 7) is 0. The quantitative estimate of drug-likeness (QED) is 0.130. The van der Waals surface area contributed by atoms with Crippen LogP contribution in [0.15, 0.2) is 91.0 Å². The molecule has 0 aliphatic heterocycles. The predicted octanol–water partition coefficient (Wildman–Crippen LogP) is 8.18. The van der Waals surface area contributed by atoms with Gasteiger partial charge in [-0.25, -0.2) is 0 Å². The van der Waals surface area contributed by atoms with Crippen LogP contribution >= 0.6 is 0 Å². The maximum atomic E-state index is 11.9. The molecule has 0 spiro atoms. The third-order valence-corrected chi connectivity index (χ3v) is 6.89. The molecule has 12 heteroatoms. The molecule has 0 radical (unpaired) electrons. The summed E-state index contributed by atoms with van der Waals surface area (Å²) in [7, 11) is -6.85. The monoisotopic (exact) mass is 570 g/mol. The standard InChI is InChI=1S/C24H16O.C3HF7O3S/c25-24-13-12-21(19-9-3-4-10-22(19)24)20-11-5-8-18-14-16-6-1-2-7-17(16)15-23(18)20;4-1(5,2(6,7)8)3(9,10)14(11,12)13/h1-15,25H;(H,11,12,13). The Bertz CT molecular complexity index is 1800. The molecule has 5 rings (SSSR count). The lowest BCUT2D eigenvalue weighted by Gasteiger charge is -2.25. The molecule has 0 unspecified atom stereocenters. The van der Waals surface area contributed by atoms with Gasteiger partial charge in [0.2, 0.25) is 0 Å². The van der Waals surface area contributed by atoms with Gasteiger partial charge < -0.3 is 5.11 Å². The van der Waals surface area contributed by atoms with Gasteiger partial charge in [0.05, 0.1) is 0 Å². The van der Waals surface area contributed by atoms with Crippen molar-refractivity contribution < 1.29 is 48.8 Å². The number of rotatable bonds is 3. The van der Waals surface area contributed by atoms with Crippen LogP contribution in [-0.4, -0.2) is 35.4 Å². The molecule has 0 bridgehead atoms. The molecule has 0 saturated heterocycles. The predicted molar refractivity (Wildman–Crippen MR) is 134 cm³/mol. The number of halogens is 7. The van der Waals surface area contributed by atoms with Gasteiger partial charge in [-0.05, 0) is 56.3 Å². The summed E-state index contributed by atoms with van der Waals surface area (Å²) >= 11 is 0. The first-order valence-corrected chi connectivity index (χ1v) is 12.4. The number of aromatic hydroxyl groups is 1. The lowest BCUT2D eigenvalue weighted by Crippen LogP contribution is -2.55. The summed E-state index contributed by atoms with van der Waals surface area (Å²) in [6, 6.07) is 31.2. The van der Waals surface area contributed by atoms with Crippen LogP contribution in [0.3, 0.4) is 0 Å². The van der Waals surface area contributed by atoms with Crippen LogP contribution in [0.5, 0.6) is 5.75 Å². The van der Waals surface area contributed by atoms with Crippen LogP contribution in [0.25, 0.3) is 43.4 Å². The van der Waals surface area contributed by atoms with E-state index in [0.717, 1.165) is 16.3 Å². The second-order valence-electron chi connectivity index (χ2n) is 8.47. The van der Waals surface area contributed by atoms with Crippen molar-refractivity contribution in [1.29, 1.82) is 0 Å². The Hall–Kier alpha value is -3.90. The zero-order valence-corrected chi connectivity index (χ0v) is 20.2. The fourth-order valence-electron chi connectivity index (χ4n) is 4.05. The first-order chi connectivity index (χ1) is 18.1. The van der Waals surface area contributed by atoms with Gasteiger partial charge in [-0.15, -0.1) is 0 Å². The normalized spacial score (nSPS) is 12.9.